The molecule has 170 valence electrons. The molecule has 1 N–H and O–H groups in total. The fourth-order valence-electron chi connectivity index (χ4n) is 4.55. The molecule has 0 spiro atoms. The Morgan fingerprint density at radius 3 is 2.50 bits per heavy atom. The molecule has 6 heteroatoms. The Morgan fingerprint density at radius 1 is 1.03 bits per heavy atom. The number of likely N-dealkylation sites (tertiary alicyclic amines) is 1. The van der Waals surface area contributed by atoms with Gasteiger partial charge < -0.3 is 24.0 Å². The molecule has 0 amide bonds. The van der Waals surface area contributed by atoms with E-state index in [9.17, 15) is 9.90 Å². The number of nitrogens with zero attached hydrogens (tertiary/aromatic N) is 2. The van der Waals surface area contributed by atoms with Crippen LogP contribution in [0.2, 0.25) is 0 Å². The second-order valence-corrected chi connectivity index (χ2v) is 8.49. The minimum absolute atomic E-state index is 0.0743. The monoisotopic (exact) mass is 436 g/mol. The van der Waals surface area contributed by atoms with Gasteiger partial charge in [-0.15, -0.1) is 0 Å². The molecule has 0 aliphatic carbocycles. The molecule has 2 heterocycles. The van der Waals surface area contributed by atoms with Crippen LogP contribution in [0.4, 0.5) is 0 Å². The van der Waals surface area contributed by atoms with Crippen molar-refractivity contribution in [3.63, 3.8) is 0 Å². The van der Waals surface area contributed by atoms with E-state index < -0.39 is 6.10 Å². The van der Waals surface area contributed by atoms with Crippen molar-refractivity contribution in [2.75, 3.05) is 33.4 Å². The van der Waals surface area contributed by atoms with Crippen LogP contribution in [0.25, 0.3) is 21.9 Å². The van der Waals surface area contributed by atoms with Gasteiger partial charge in [0.15, 0.2) is 0 Å². The van der Waals surface area contributed by atoms with E-state index in [4.69, 9.17) is 9.47 Å². The van der Waals surface area contributed by atoms with E-state index in [0.717, 1.165) is 35.3 Å². The van der Waals surface area contributed by atoms with E-state index in [0.29, 0.717) is 17.7 Å². The van der Waals surface area contributed by atoms with Gasteiger partial charge in [-0.1, -0.05) is 36.8 Å². The van der Waals surface area contributed by atoms with Crippen LogP contribution in [0, 0.1) is 0 Å². The fraction of sp³-hybridized carbons (Fsp3) is 0.423. The van der Waals surface area contributed by atoms with Crippen LogP contribution in [0.5, 0.6) is 5.75 Å². The van der Waals surface area contributed by atoms with Crippen molar-refractivity contribution in [2.24, 2.45) is 7.05 Å². The number of β-amino-alcohol motifs (C(OH)–C–C–N with tert-alkyl or cyclic N) is 1. The molecule has 6 nitrogen and oxygen atoms in total. The number of fused-ring (bicyclic) bond motifs is 1. The van der Waals surface area contributed by atoms with Gasteiger partial charge >= 0.3 is 0 Å². The van der Waals surface area contributed by atoms with Crippen LogP contribution in [-0.4, -0.2) is 54.0 Å². The molecular weight excluding hydrogens is 404 g/mol. The van der Waals surface area contributed by atoms with Gasteiger partial charge in [0.1, 0.15) is 5.75 Å². The standard InChI is InChI=1S/C26H32N2O4/c1-27-24(18-32-17-20(29)16-28-13-7-4-8-14-28)25(19-9-5-3-6-10-19)23-15-21(31-2)11-12-22(23)26(27)30/h3,5-6,9-12,15,20,29H,4,7-8,13-14,16-18H2,1-2H3. The summed E-state index contributed by atoms with van der Waals surface area (Å²) in [5.41, 5.74) is 2.67. The Balaban J connectivity index is 1.64. The van der Waals surface area contributed by atoms with Gasteiger partial charge in [-0.25, -0.2) is 0 Å². The average molecular weight is 437 g/mol. The van der Waals surface area contributed by atoms with Gasteiger partial charge in [-0.05, 0) is 49.7 Å². The largest absolute Gasteiger partial charge is 0.497 e. The fourth-order valence-corrected chi connectivity index (χ4v) is 4.55. The maximum atomic E-state index is 13.1. The molecule has 32 heavy (non-hydrogen) atoms. The number of ether oxygens (including phenoxy) is 2. The van der Waals surface area contributed by atoms with E-state index in [-0.39, 0.29) is 18.8 Å². The lowest BCUT2D eigenvalue weighted by Gasteiger charge is -2.28. The molecule has 1 fully saturated rings. The molecule has 1 unspecified atom stereocenters. The molecule has 3 aromatic rings. The summed E-state index contributed by atoms with van der Waals surface area (Å²) in [7, 11) is 3.40. The summed E-state index contributed by atoms with van der Waals surface area (Å²) in [5, 5.41) is 12.0. The topological polar surface area (TPSA) is 63.9 Å². The Hall–Kier alpha value is -2.67. The first-order chi connectivity index (χ1) is 15.6. The zero-order valence-corrected chi connectivity index (χ0v) is 18.9. The number of aromatic nitrogens is 1. The third-order valence-electron chi connectivity index (χ3n) is 6.25. The lowest BCUT2D eigenvalue weighted by Crippen LogP contribution is -2.38. The van der Waals surface area contributed by atoms with Crippen LogP contribution >= 0.6 is 0 Å². The Bertz CT molecular complexity index is 1100. The first-order valence-electron chi connectivity index (χ1n) is 11.3. The second-order valence-electron chi connectivity index (χ2n) is 8.49. The molecule has 1 aromatic heterocycles. The van der Waals surface area contributed by atoms with Crippen molar-refractivity contribution in [1.82, 2.24) is 9.47 Å². The first kappa shape index (κ1) is 22.5. The normalized spacial score (nSPS) is 15.7. The Morgan fingerprint density at radius 2 is 1.78 bits per heavy atom. The van der Waals surface area contributed by atoms with Crippen LogP contribution in [0.3, 0.4) is 0 Å². The highest BCUT2D eigenvalue weighted by atomic mass is 16.5. The van der Waals surface area contributed by atoms with Gasteiger partial charge in [0.2, 0.25) is 0 Å². The van der Waals surface area contributed by atoms with Crippen molar-refractivity contribution >= 4 is 10.8 Å². The number of benzene rings is 2. The minimum Gasteiger partial charge on any atom is -0.497 e. The Labute approximate surface area is 189 Å². The molecule has 2 aromatic carbocycles. The molecule has 1 saturated heterocycles. The third-order valence-corrected chi connectivity index (χ3v) is 6.25. The molecule has 4 rings (SSSR count). The number of methoxy groups -OCH3 is 1. The van der Waals surface area contributed by atoms with Gasteiger partial charge in [0.05, 0.1) is 32.1 Å². The van der Waals surface area contributed by atoms with E-state index in [2.05, 4.69) is 4.90 Å². The molecule has 1 atom stereocenters. The highest BCUT2D eigenvalue weighted by Gasteiger charge is 2.19. The molecule has 0 bridgehead atoms. The second kappa shape index (κ2) is 10.3. The quantitative estimate of drug-likeness (QED) is 0.585. The van der Waals surface area contributed by atoms with Crippen molar-refractivity contribution in [3.05, 3.63) is 64.6 Å². The van der Waals surface area contributed by atoms with Crippen molar-refractivity contribution in [2.45, 2.75) is 32.0 Å². The number of hydrogen-bond acceptors (Lipinski definition) is 5. The highest BCUT2D eigenvalue weighted by molar-refractivity contribution is 5.98. The summed E-state index contributed by atoms with van der Waals surface area (Å²) >= 11 is 0. The van der Waals surface area contributed by atoms with E-state index >= 15 is 0 Å². The molecule has 0 saturated carbocycles. The summed E-state index contributed by atoms with van der Waals surface area (Å²) in [6, 6.07) is 15.6. The smallest absolute Gasteiger partial charge is 0.258 e. The van der Waals surface area contributed by atoms with Crippen LogP contribution in [0.15, 0.2) is 53.3 Å². The molecular formula is C26H32N2O4. The van der Waals surface area contributed by atoms with Gasteiger partial charge in [-0.3, -0.25) is 4.79 Å². The minimum atomic E-state index is -0.550. The van der Waals surface area contributed by atoms with Crippen LogP contribution < -0.4 is 10.3 Å². The van der Waals surface area contributed by atoms with Gasteiger partial charge in [-0.2, -0.15) is 0 Å². The number of hydrogen-bond donors (Lipinski definition) is 1. The van der Waals surface area contributed by atoms with E-state index in [1.54, 1.807) is 18.7 Å². The number of aliphatic hydroxyl groups is 1. The van der Waals surface area contributed by atoms with E-state index in [1.807, 2.05) is 48.5 Å². The first-order valence-corrected chi connectivity index (χ1v) is 11.3. The summed E-state index contributed by atoms with van der Waals surface area (Å²) < 4.78 is 13.0. The average Bonchev–Trinajstić information content (AvgIpc) is 2.83. The molecule has 0 radical (unpaired) electrons. The van der Waals surface area contributed by atoms with Crippen LogP contribution in [-0.2, 0) is 18.4 Å². The zero-order valence-electron chi connectivity index (χ0n) is 18.9. The third kappa shape index (κ3) is 4.88. The van der Waals surface area contributed by atoms with E-state index in [1.165, 1.54) is 19.3 Å². The Kier molecular flexibility index (Phi) is 7.25. The lowest BCUT2D eigenvalue weighted by atomic mass is 9.96. The van der Waals surface area contributed by atoms with Crippen molar-refractivity contribution < 1.29 is 14.6 Å². The SMILES string of the molecule is COc1ccc2c(=O)n(C)c(COCC(O)CN3CCCCC3)c(-c3ccccc3)c2c1. The number of aliphatic hydroxyl groups excluding tert-OH is 1. The number of piperidine rings is 1. The predicted molar refractivity (Wildman–Crippen MR) is 127 cm³/mol. The van der Waals surface area contributed by atoms with Gasteiger partial charge in [0.25, 0.3) is 5.56 Å². The van der Waals surface area contributed by atoms with Crippen molar-refractivity contribution in [3.8, 4) is 16.9 Å². The van der Waals surface area contributed by atoms with Gasteiger partial charge in [0, 0.05) is 29.9 Å². The summed E-state index contributed by atoms with van der Waals surface area (Å²) in [4.78, 5) is 15.4. The highest BCUT2D eigenvalue weighted by Crippen LogP contribution is 2.33. The summed E-state index contributed by atoms with van der Waals surface area (Å²) in [5.74, 6) is 0.701. The maximum Gasteiger partial charge on any atom is 0.258 e. The zero-order chi connectivity index (χ0) is 22.5. The number of rotatable bonds is 8. The summed E-state index contributed by atoms with van der Waals surface area (Å²) in [6.45, 7) is 3.17. The molecule has 1 aliphatic rings. The van der Waals surface area contributed by atoms with Crippen LogP contribution in [0.1, 0.15) is 25.0 Å². The summed E-state index contributed by atoms with van der Waals surface area (Å²) in [6.07, 6.45) is 3.10. The maximum absolute atomic E-state index is 13.1. The predicted octanol–water partition coefficient (Wildman–Crippen LogP) is 3.58. The number of pyridine rings is 1. The molecule has 1 aliphatic heterocycles. The van der Waals surface area contributed by atoms with Crippen molar-refractivity contribution in [1.29, 1.82) is 0 Å². The lowest BCUT2D eigenvalue weighted by molar-refractivity contribution is 0.00565.